The molecule has 0 amide bonds. The standard InChI is InChI=1S/C20H25N3O/c1-14-13-22-15(2)11-17(14)19(18(12-21)16(3)24)23-9-7-20(8-10-23)5-4-6-20/h11,13H,4-10H2,1-3H3/b19-18+. The number of carbonyl (C=O) groups is 1. The Hall–Kier alpha value is -2.15. The molecule has 0 N–H and O–H groups in total. The van der Waals surface area contributed by atoms with Gasteiger partial charge in [-0.3, -0.25) is 9.78 Å². The van der Waals surface area contributed by atoms with Gasteiger partial charge < -0.3 is 4.90 Å². The molecule has 1 aromatic heterocycles. The zero-order valence-corrected chi connectivity index (χ0v) is 14.9. The highest BCUT2D eigenvalue weighted by molar-refractivity contribution is 6.04. The smallest absolute Gasteiger partial charge is 0.172 e. The van der Waals surface area contributed by atoms with E-state index in [-0.39, 0.29) is 11.4 Å². The Kier molecular flexibility index (Phi) is 4.45. The minimum absolute atomic E-state index is 0.162. The fourth-order valence-electron chi connectivity index (χ4n) is 4.03. The van der Waals surface area contributed by atoms with Gasteiger partial charge in [-0.05, 0) is 63.5 Å². The quantitative estimate of drug-likeness (QED) is 0.627. The zero-order valence-electron chi connectivity index (χ0n) is 14.9. The lowest BCUT2D eigenvalue weighted by molar-refractivity contribution is -0.113. The molecule has 0 aromatic carbocycles. The summed E-state index contributed by atoms with van der Waals surface area (Å²) in [5.74, 6) is -0.162. The normalized spacial score (nSPS) is 20.2. The Balaban J connectivity index is 2.02. The molecule has 1 spiro atoms. The summed E-state index contributed by atoms with van der Waals surface area (Å²) in [5.41, 5.74) is 4.50. The largest absolute Gasteiger partial charge is 0.370 e. The first-order valence-electron chi connectivity index (χ1n) is 8.80. The van der Waals surface area contributed by atoms with Crippen LogP contribution in [0.4, 0.5) is 0 Å². The second-order valence-corrected chi connectivity index (χ2v) is 7.37. The topological polar surface area (TPSA) is 57.0 Å². The van der Waals surface area contributed by atoms with Crippen molar-refractivity contribution >= 4 is 11.5 Å². The maximum Gasteiger partial charge on any atom is 0.172 e. The van der Waals surface area contributed by atoms with Crippen molar-refractivity contribution in [3.63, 3.8) is 0 Å². The van der Waals surface area contributed by atoms with Crippen molar-refractivity contribution in [3.8, 4) is 6.07 Å². The van der Waals surface area contributed by atoms with E-state index in [2.05, 4.69) is 16.0 Å². The average molecular weight is 323 g/mol. The number of hydrogen-bond donors (Lipinski definition) is 0. The van der Waals surface area contributed by atoms with E-state index in [9.17, 15) is 10.1 Å². The lowest BCUT2D eigenvalue weighted by atomic mass is 9.63. The Labute approximate surface area is 144 Å². The predicted molar refractivity (Wildman–Crippen MR) is 94.0 cm³/mol. The van der Waals surface area contributed by atoms with Gasteiger partial charge in [0, 0.05) is 30.5 Å². The molecule has 2 aliphatic rings. The third-order valence-corrected chi connectivity index (χ3v) is 5.75. The van der Waals surface area contributed by atoms with Gasteiger partial charge in [0.2, 0.25) is 0 Å². The van der Waals surface area contributed by atoms with Crippen LogP contribution in [0.15, 0.2) is 17.8 Å². The van der Waals surface area contributed by atoms with Crippen LogP contribution in [0.2, 0.25) is 0 Å². The lowest BCUT2D eigenvalue weighted by Gasteiger charge is -2.49. The molecule has 0 bridgehead atoms. The average Bonchev–Trinajstić information content (AvgIpc) is 2.53. The molecular formula is C20H25N3O. The zero-order chi connectivity index (χ0) is 17.3. The molecule has 24 heavy (non-hydrogen) atoms. The fourth-order valence-corrected chi connectivity index (χ4v) is 4.03. The molecule has 1 aromatic rings. The summed E-state index contributed by atoms with van der Waals surface area (Å²) in [5, 5.41) is 9.61. The molecule has 126 valence electrons. The van der Waals surface area contributed by atoms with E-state index >= 15 is 0 Å². The van der Waals surface area contributed by atoms with E-state index in [0.29, 0.717) is 5.41 Å². The number of nitriles is 1. The van der Waals surface area contributed by atoms with Gasteiger partial charge in [0.15, 0.2) is 5.78 Å². The van der Waals surface area contributed by atoms with Crippen molar-refractivity contribution in [2.24, 2.45) is 5.41 Å². The highest BCUT2D eigenvalue weighted by atomic mass is 16.1. The minimum Gasteiger partial charge on any atom is -0.370 e. The van der Waals surface area contributed by atoms with Crippen molar-refractivity contribution < 1.29 is 4.79 Å². The number of ketones is 1. The Morgan fingerprint density at radius 3 is 2.42 bits per heavy atom. The highest BCUT2D eigenvalue weighted by Crippen LogP contribution is 2.49. The van der Waals surface area contributed by atoms with Crippen LogP contribution in [0.25, 0.3) is 5.70 Å². The van der Waals surface area contributed by atoms with E-state index in [1.54, 1.807) is 0 Å². The maximum absolute atomic E-state index is 12.1. The Morgan fingerprint density at radius 2 is 1.92 bits per heavy atom. The van der Waals surface area contributed by atoms with Crippen LogP contribution in [0, 0.1) is 30.6 Å². The molecule has 1 aliphatic carbocycles. The van der Waals surface area contributed by atoms with Crippen molar-refractivity contribution in [3.05, 3.63) is 34.7 Å². The van der Waals surface area contributed by atoms with Gasteiger partial charge in [0.1, 0.15) is 11.6 Å². The second kappa shape index (κ2) is 6.39. The highest BCUT2D eigenvalue weighted by Gasteiger charge is 2.40. The molecule has 2 heterocycles. The lowest BCUT2D eigenvalue weighted by Crippen LogP contribution is -2.43. The number of carbonyl (C=O) groups excluding carboxylic acids is 1. The van der Waals surface area contributed by atoms with E-state index in [1.807, 2.05) is 26.1 Å². The van der Waals surface area contributed by atoms with Gasteiger partial charge in [0.05, 0.1) is 5.70 Å². The number of nitrogens with zero attached hydrogens (tertiary/aromatic N) is 3. The van der Waals surface area contributed by atoms with Crippen molar-refractivity contribution in [1.29, 1.82) is 5.26 Å². The molecule has 1 saturated heterocycles. The second-order valence-electron chi connectivity index (χ2n) is 7.37. The summed E-state index contributed by atoms with van der Waals surface area (Å²) in [4.78, 5) is 18.7. The van der Waals surface area contributed by atoms with E-state index in [4.69, 9.17) is 0 Å². The molecule has 0 atom stereocenters. The monoisotopic (exact) mass is 323 g/mol. The van der Waals surface area contributed by atoms with Gasteiger partial charge in [0.25, 0.3) is 0 Å². The third kappa shape index (κ3) is 2.96. The van der Waals surface area contributed by atoms with Crippen LogP contribution in [0.5, 0.6) is 0 Å². The Morgan fingerprint density at radius 1 is 1.25 bits per heavy atom. The van der Waals surface area contributed by atoms with Crippen LogP contribution in [-0.2, 0) is 4.79 Å². The molecule has 2 fully saturated rings. The summed E-state index contributed by atoms with van der Waals surface area (Å²) in [7, 11) is 0. The van der Waals surface area contributed by atoms with Crippen LogP contribution >= 0.6 is 0 Å². The van der Waals surface area contributed by atoms with E-state index in [0.717, 1.165) is 48.4 Å². The predicted octanol–water partition coefficient (Wildman–Crippen LogP) is 3.79. The molecule has 4 nitrogen and oxygen atoms in total. The molecule has 0 unspecified atom stereocenters. The van der Waals surface area contributed by atoms with E-state index in [1.165, 1.54) is 26.2 Å². The van der Waals surface area contributed by atoms with Crippen LogP contribution < -0.4 is 0 Å². The van der Waals surface area contributed by atoms with Crippen molar-refractivity contribution in [2.45, 2.75) is 52.9 Å². The van der Waals surface area contributed by atoms with Gasteiger partial charge in [-0.25, -0.2) is 0 Å². The van der Waals surface area contributed by atoms with Crippen molar-refractivity contribution in [1.82, 2.24) is 9.88 Å². The number of piperidine rings is 1. The first kappa shape index (κ1) is 16.7. The van der Waals surface area contributed by atoms with E-state index < -0.39 is 0 Å². The molecule has 1 aliphatic heterocycles. The summed E-state index contributed by atoms with van der Waals surface area (Å²) >= 11 is 0. The molecule has 3 rings (SSSR count). The number of likely N-dealkylation sites (tertiary alicyclic amines) is 1. The summed E-state index contributed by atoms with van der Waals surface area (Å²) in [6, 6.07) is 4.16. The summed E-state index contributed by atoms with van der Waals surface area (Å²) < 4.78 is 0. The minimum atomic E-state index is -0.162. The summed E-state index contributed by atoms with van der Waals surface area (Å²) in [6.45, 7) is 7.27. The number of hydrogen-bond acceptors (Lipinski definition) is 4. The first-order valence-corrected chi connectivity index (χ1v) is 8.80. The third-order valence-electron chi connectivity index (χ3n) is 5.75. The maximum atomic E-state index is 12.1. The van der Waals surface area contributed by atoms with Crippen LogP contribution in [0.3, 0.4) is 0 Å². The van der Waals surface area contributed by atoms with Gasteiger partial charge in [-0.2, -0.15) is 5.26 Å². The number of Topliss-reactive ketones (excluding diaryl/α,β-unsaturated/α-hetero) is 1. The number of rotatable bonds is 3. The summed E-state index contributed by atoms with van der Waals surface area (Å²) in [6.07, 6.45) is 8.18. The van der Waals surface area contributed by atoms with Crippen LogP contribution in [0.1, 0.15) is 55.8 Å². The van der Waals surface area contributed by atoms with Gasteiger partial charge >= 0.3 is 0 Å². The number of aryl methyl sites for hydroxylation is 2. The molecule has 1 saturated carbocycles. The van der Waals surface area contributed by atoms with Gasteiger partial charge in [-0.15, -0.1) is 0 Å². The van der Waals surface area contributed by atoms with Crippen molar-refractivity contribution in [2.75, 3.05) is 13.1 Å². The SMILES string of the molecule is CC(=O)/C(C#N)=C(\c1cc(C)ncc1C)N1CCC2(CCC2)CC1. The fraction of sp³-hybridized carbons (Fsp3) is 0.550. The number of pyridine rings is 1. The molecule has 4 heteroatoms. The van der Waals surface area contributed by atoms with Gasteiger partial charge in [-0.1, -0.05) is 6.42 Å². The number of allylic oxidation sites excluding steroid dienone is 1. The van der Waals surface area contributed by atoms with Crippen LogP contribution in [-0.4, -0.2) is 28.8 Å². The first-order chi connectivity index (χ1) is 11.5. The molecule has 0 radical (unpaired) electrons. The number of aromatic nitrogens is 1. The Bertz CT molecular complexity index is 728. The molecular weight excluding hydrogens is 298 g/mol.